The number of carbonyl (C=O) groups is 2. The molecule has 0 amide bonds. The Morgan fingerprint density at radius 3 is 1.88 bits per heavy atom. The van der Waals surface area contributed by atoms with Gasteiger partial charge in [0.15, 0.2) is 0 Å². The van der Waals surface area contributed by atoms with Crippen molar-refractivity contribution in [1.82, 2.24) is 0 Å². The SMILES string of the molecule is CCOC(=O)C(C)(C)C1(C(=O)O)c2ccccc2-c2ccccc21. The van der Waals surface area contributed by atoms with Gasteiger partial charge in [0.25, 0.3) is 0 Å². The monoisotopic (exact) mass is 324 g/mol. The summed E-state index contributed by atoms with van der Waals surface area (Å²) in [5.41, 5.74) is 0.235. The van der Waals surface area contributed by atoms with Gasteiger partial charge in [0.05, 0.1) is 12.0 Å². The molecule has 3 rings (SSSR count). The maximum Gasteiger partial charge on any atom is 0.319 e. The molecule has 1 aliphatic carbocycles. The van der Waals surface area contributed by atoms with Crippen LogP contribution < -0.4 is 0 Å². The minimum atomic E-state index is -1.48. The van der Waals surface area contributed by atoms with Crippen molar-refractivity contribution in [3.63, 3.8) is 0 Å². The summed E-state index contributed by atoms with van der Waals surface area (Å²) >= 11 is 0. The van der Waals surface area contributed by atoms with Crippen molar-refractivity contribution < 1.29 is 19.4 Å². The largest absolute Gasteiger partial charge is 0.480 e. The van der Waals surface area contributed by atoms with Gasteiger partial charge in [0.1, 0.15) is 5.41 Å². The second-order valence-corrected chi connectivity index (χ2v) is 6.49. The molecular formula is C20H20O4. The first kappa shape index (κ1) is 16.2. The van der Waals surface area contributed by atoms with Crippen molar-refractivity contribution >= 4 is 11.9 Å². The maximum atomic E-state index is 12.7. The summed E-state index contributed by atoms with van der Waals surface area (Å²) in [4.78, 5) is 25.3. The van der Waals surface area contributed by atoms with Crippen molar-refractivity contribution in [3.8, 4) is 11.1 Å². The summed E-state index contributed by atoms with van der Waals surface area (Å²) < 4.78 is 5.22. The molecule has 24 heavy (non-hydrogen) atoms. The summed E-state index contributed by atoms with van der Waals surface area (Å²) in [6.45, 7) is 5.23. The van der Waals surface area contributed by atoms with E-state index in [0.717, 1.165) is 11.1 Å². The quantitative estimate of drug-likeness (QED) is 0.872. The number of hydrogen-bond donors (Lipinski definition) is 1. The number of fused-ring (bicyclic) bond motifs is 3. The van der Waals surface area contributed by atoms with Gasteiger partial charge >= 0.3 is 11.9 Å². The molecule has 0 fully saturated rings. The molecular weight excluding hydrogens is 304 g/mol. The van der Waals surface area contributed by atoms with E-state index in [9.17, 15) is 14.7 Å². The van der Waals surface area contributed by atoms with Crippen LogP contribution in [0.3, 0.4) is 0 Å². The van der Waals surface area contributed by atoms with Gasteiger partial charge in [-0.25, -0.2) is 0 Å². The lowest BCUT2D eigenvalue weighted by Crippen LogP contribution is -2.53. The zero-order valence-corrected chi connectivity index (χ0v) is 14.0. The van der Waals surface area contributed by atoms with Crippen LogP contribution in [0.15, 0.2) is 48.5 Å². The third kappa shape index (κ3) is 1.86. The van der Waals surface area contributed by atoms with E-state index in [1.54, 1.807) is 32.9 Å². The van der Waals surface area contributed by atoms with Crippen molar-refractivity contribution in [3.05, 3.63) is 59.7 Å². The second-order valence-electron chi connectivity index (χ2n) is 6.49. The minimum Gasteiger partial charge on any atom is -0.480 e. The smallest absolute Gasteiger partial charge is 0.319 e. The second kappa shape index (κ2) is 5.48. The van der Waals surface area contributed by atoms with E-state index >= 15 is 0 Å². The van der Waals surface area contributed by atoms with Gasteiger partial charge in [-0.3, -0.25) is 9.59 Å². The Bertz CT molecular complexity index is 774. The van der Waals surface area contributed by atoms with Gasteiger partial charge in [-0.1, -0.05) is 48.5 Å². The van der Waals surface area contributed by atoms with Crippen molar-refractivity contribution in [2.45, 2.75) is 26.2 Å². The molecule has 0 unspecified atom stereocenters. The fourth-order valence-electron chi connectivity index (χ4n) is 3.87. The summed E-state index contributed by atoms with van der Waals surface area (Å²) in [7, 11) is 0. The van der Waals surface area contributed by atoms with Crippen LogP contribution in [0.2, 0.25) is 0 Å². The topological polar surface area (TPSA) is 63.6 Å². The number of esters is 1. The Hall–Kier alpha value is -2.62. The van der Waals surface area contributed by atoms with Crippen LogP contribution >= 0.6 is 0 Å². The van der Waals surface area contributed by atoms with E-state index in [1.807, 2.05) is 36.4 Å². The van der Waals surface area contributed by atoms with Crippen LogP contribution in [-0.2, 0) is 19.7 Å². The number of rotatable bonds is 4. The highest BCUT2D eigenvalue weighted by Crippen LogP contribution is 2.57. The molecule has 124 valence electrons. The van der Waals surface area contributed by atoms with E-state index in [0.29, 0.717) is 11.1 Å². The number of carboxylic acids is 1. The lowest BCUT2D eigenvalue weighted by molar-refractivity contribution is -0.164. The average molecular weight is 324 g/mol. The summed E-state index contributed by atoms with van der Waals surface area (Å²) in [6, 6.07) is 14.8. The molecule has 0 aromatic heterocycles. The molecule has 0 bridgehead atoms. The Balaban J connectivity index is 2.40. The first-order valence-electron chi connectivity index (χ1n) is 7.99. The fraction of sp³-hybridized carbons (Fsp3) is 0.300. The Labute approximate surface area is 141 Å². The molecule has 4 nitrogen and oxygen atoms in total. The van der Waals surface area contributed by atoms with Gasteiger partial charge < -0.3 is 9.84 Å². The predicted molar refractivity (Wildman–Crippen MR) is 90.7 cm³/mol. The zero-order chi connectivity index (χ0) is 17.5. The van der Waals surface area contributed by atoms with Crippen LogP contribution in [0.1, 0.15) is 31.9 Å². The van der Waals surface area contributed by atoms with Crippen molar-refractivity contribution in [2.75, 3.05) is 6.61 Å². The van der Waals surface area contributed by atoms with Crippen molar-refractivity contribution in [2.24, 2.45) is 5.41 Å². The van der Waals surface area contributed by atoms with E-state index in [1.165, 1.54) is 0 Å². The van der Waals surface area contributed by atoms with Gasteiger partial charge in [-0.15, -0.1) is 0 Å². The van der Waals surface area contributed by atoms with Crippen LogP contribution in [0.5, 0.6) is 0 Å². The summed E-state index contributed by atoms with van der Waals surface area (Å²) in [5, 5.41) is 10.3. The summed E-state index contributed by atoms with van der Waals surface area (Å²) in [5.74, 6) is -1.56. The Morgan fingerprint density at radius 2 is 1.46 bits per heavy atom. The molecule has 2 aromatic carbocycles. The number of carboxylic acid groups (broad SMARTS) is 1. The first-order valence-corrected chi connectivity index (χ1v) is 7.99. The molecule has 0 atom stereocenters. The van der Waals surface area contributed by atoms with Gasteiger partial charge in [0, 0.05) is 0 Å². The number of aliphatic carboxylic acids is 1. The van der Waals surface area contributed by atoms with E-state index in [4.69, 9.17) is 4.74 Å². The van der Waals surface area contributed by atoms with Crippen LogP contribution in [0, 0.1) is 5.41 Å². The average Bonchev–Trinajstić information content (AvgIpc) is 2.87. The summed E-state index contributed by atoms with van der Waals surface area (Å²) in [6.07, 6.45) is 0. The molecule has 0 saturated carbocycles. The van der Waals surface area contributed by atoms with E-state index in [2.05, 4.69) is 0 Å². The maximum absolute atomic E-state index is 12.7. The number of ether oxygens (including phenoxy) is 1. The molecule has 2 aromatic rings. The Morgan fingerprint density at radius 1 is 1.00 bits per heavy atom. The standard InChI is InChI=1S/C20H20O4/c1-4-24-18(23)19(2,3)20(17(21)22)15-11-7-5-9-13(15)14-10-6-8-12-16(14)20/h5-12H,4H2,1-3H3,(H,21,22). The van der Waals surface area contributed by atoms with Crippen molar-refractivity contribution in [1.29, 1.82) is 0 Å². The normalized spacial score (nSPS) is 14.6. The van der Waals surface area contributed by atoms with Crippen LogP contribution in [-0.4, -0.2) is 23.7 Å². The molecule has 0 heterocycles. The highest BCUT2D eigenvalue weighted by atomic mass is 16.5. The third-order valence-corrected chi connectivity index (χ3v) is 5.00. The van der Waals surface area contributed by atoms with E-state index < -0.39 is 22.8 Å². The number of carbonyl (C=O) groups excluding carboxylic acids is 1. The fourth-order valence-corrected chi connectivity index (χ4v) is 3.87. The minimum absolute atomic E-state index is 0.210. The van der Waals surface area contributed by atoms with E-state index in [-0.39, 0.29) is 6.61 Å². The lowest BCUT2D eigenvalue weighted by atomic mass is 9.60. The van der Waals surface area contributed by atoms with Crippen LogP contribution in [0.4, 0.5) is 0 Å². The lowest BCUT2D eigenvalue weighted by Gasteiger charge is -2.40. The number of hydrogen-bond acceptors (Lipinski definition) is 3. The highest BCUT2D eigenvalue weighted by molar-refractivity contribution is 6.02. The number of benzene rings is 2. The Kier molecular flexibility index (Phi) is 3.71. The van der Waals surface area contributed by atoms with Crippen LogP contribution in [0.25, 0.3) is 11.1 Å². The van der Waals surface area contributed by atoms with Gasteiger partial charge in [-0.05, 0) is 43.0 Å². The molecule has 1 N–H and O–H groups in total. The molecule has 4 heteroatoms. The molecule has 1 aliphatic rings. The molecule has 0 spiro atoms. The molecule has 0 aliphatic heterocycles. The predicted octanol–water partition coefficient (Wildman–Crippen LogP) is 3.63. The molecule has 0 radical (unpaired) electrons. The third-order valence-electron chi connectivity index (χ3n) is 5.00. The van der Waals surface area contributed by atoms with Gasteiger partial charge in [0.2, 0.25) is 0 Å². The zero-order valence-electron chi connectivity index (χ0n) is 14.0. The highest BCUT2D eigenvalue weighted by Gasteiger charge is 2.62. The van der Waals surface area contributed by atoms with Gasteiger partial charge in [-0.2, -0.15) is 0 Å². The first-order chi connectivity index (χ1) is 11.4. The molecule has 0 saturated heterocycles.